The highest BCUT2D eigenvalue weighted by Gasteiger charge is 2.62. The molecule has 3 fully saturated rings. The number of nitrogens with zero attached hydrogens (tertiary/aromatic N) is 2. The number of rotatable bonds is 7. The highest BCUT2D eigenvalue weighted by molar-refractivity contribution is 7.91. The zero-order valence-electron chi connectivity index (χ0n) is 32.9. The Morgan fingerprint density at radius 3 is 2.58 bits per heavy atom. The van der Waals surface area contributed by atoms with Gasteiger partial charge in [-0.25, -0.2) is 13.4 Å². The quantitative estimate of drug-likeness (QED) is 0.268. The zero-order chi connectivity index (χ0) is 39.5. The van der Waals surface area contributed by atoms with Gasteiger partial charge in [-0.2, -0.15) is 0 Å². The van der Waals surface area contributed by atoms with E-state index in [0.717, 1.165) is 41.3 Å². The molecule has 2 aromatic rings. The lowest BCUT2D eigenvalue weighted by molar-refractivity contribution is -0.160. The first-order chi connectivity index (χ1) is 25.9. The summed E-state index contributed by atoms with van der Waals surface area (Å²) in [4.78, 5) is 63.0. The number of sulfonamides is 1. The topological polar surface area (TPSA) is 158 Å². The Morgan fingerprint density at radius 1 is 1.09 bits per heavy atom. The van der Waals surface area contributed by atoms with Crippen molar-refractivity contribution in [3.63, 3.8) is 0 Å². The number of carbonyl (C=O) groups is 4. The average Bonchev–Trinajstić information content (AvgIpc) is 3.88. The fraction of sp³-hybridized carbons (Fsp3) is 0.643. The molecule has 1 aromatic heterocycles. The molecule has 55 heavy (non-hydrogen) atoms. The maximum Gasteiger partial charge on any atom is 0.307 e. The molecule has 12 nitrogen and oxygen atoms in total. The van der Waals surface area contributed by atoms with Gasteiger partial charge in [0.2, 0.25) is 27.7 Å². The number of hydrogen-bond donors (Lipinski definition) is 1. The molecule has 3 aliphatic heterocycles. The molecule has 0 radical (unpaired) electrons. The Kier molecular flexibility index (Phi) is 10.3. The molecule has 1 N–H and O–H groups in total. The molecule has 1 saturated heterocycles. The number of ketones is 1. The predicted octanol–water partition coefficient (Wildman–Crippen LogP) is 5.84. The van der Waals surface area contributed by atoms with Crippen molar-refractivity contribution in [3.8, 4) is 11.6 Å². The molecule has 2 amide bonds. The summed E-state index contributed by atoms with van der Waals surface area (Å²) < 4.78 is 46.0. The number of pyridine rings is 1. The Bertz CT molecular complexity index is 2020. The number of esters is 1. The van der Waals surface area contributed by atoms with Crippen LogP contribution >= 0.6 is 0 Å². The molecule has 298 valence electrons. The standard InChI is InChI=1S/C42H55N3O9S/c1-25-9-7-8-10-28-22-42(28,39(49)44-55(50,51)41(6)15-16-41)23-34(46)33-20-29(53-37-31-12-11-27-14-18-52-36(27)30(31)13-17-43-37)24-45(33)38(48)32(26(2)19-25)21-35(47)54-40(3,4)5/h8,10-13,17,25-26,28-29,32-33H,7,9,14-16,18-24H2,1-6H3,(H,44,49)/b10-8-/t25-,26-,28-,29-,32+,33+,42-/m1/s1. The number of hydrogen-bond acceptors (Lipinski definition) is 10. The summed E-state index contributed by atoms with van der Waals surface area (Å²) in [5, 5.41) is 1.63. The van der Waals surface area contributed by atoms with Gasteiger partial charge in [0, 0.05) is 36.2 Å². The van der Waals surface area contributed by atoms with Crippen molar-refractivity contribution < 1.29 is 41.8 Å². The second-order valence-corrected chi connectivity index (χ2v) is 20.3. The molecule has 1 aromatic carbocycles. The summed E-state index contributed by atoms with van der Waals surface area (Å²) in [5.74, 6) is -1.76. The Balaban J connectivity index is 1.22. The van der Waals surface area contributed by atoms with Gasteiger partial charge in [0.25, 0.3) is 0 Å². The Hall–Kier alpha value is -4.00. The summed E-state index contributed by atoms with van der Waals surface area (Å²) in [6, 6.07) is 4.87. The summed E-state index contributed by atoms with van der Waals surface area (Å²) in [6.45, 7) is 11.7. The van der Waals surface area contributed by atoms with Gasteiger partial charge in [0.15, 0.2) is 5.78 Å². The van der Waals surface area contributed by atoms with E-state index in [0.29, 0.717) is 38.2 Å². The highest BCUT2D eigenvalue weighted by Crippen LogP contribution is 2.58. The van der Waals surface area contributed by atoms with E-state index < -0.39 is 55.7 Å². The predicted molar refractivity (Wildman–Crippen MR) is 206 cm³/mol. The normalized spacial score (nSPS) is 31.2. The summed E-state index contributed by atoms with van der Waals surface area (Å²) in [6.07, 6.45) is 9.06. The molecule has 7 rings (SSSR count). The van der Waals surface area contributed by atoms with E-state index in [1.165, 1.54) is 4.90 Å². The molecule has 2 saturated carbocycles. The van der Waals surface area contributed by atoms with Gasteiger partial charge in [-0.1, -0.05) is 32.1 Å². The third-order valence-corrected chi connectivity index (χ3v) is 14.6. The van der Waals surface area contributed by atoms with E-state index in [4.69, 9.17) is 14.2 Å². The van der Waals surface area contributed by atoms with Crippen molar-refractivity contribution in [1.29, 1.82) is 0 Å². The molecule has 0 spiro atoms. The maximum atomic E-state index is 14.9. The number of amides is 2. The number of fused-ring (bicyclic) bond motifs is 5. The van der Waals surface area contributed by atoms with Gasteiger partial charge in [-0.15, -0.1) is 0 Å². The molecule has 4 heterocycles. The molecule has 2 aliphatic carbocycles. The van der Waals surface area contributed by atoms with Crippen LogP contribution in [0.3, 0.4) is 0 Å². The van der Waals surface area contributed by atoms with E-state index >= 15 is 0 Å². The minimum absolute atomic E-state index is 0.0666. The van der Waals surface area contributed by atoms with E-state index in [1.54, 1.807) is 33.9 Å². The second-order valence-electron chi connectivity index (χ2n) is 18.1. The van der Waals surface area contributed by atoms with Crippen molar-refractivity contribution >= 4 is 44.4 Å². The van der Waals surface area contributed by atoms with Crippen LogP contribution in [-0.4, -0.2) is 77.5 Å². The van der Waals surface area contributed by atoms with Gasteiger partial charge in [-0.05, 0) is 102 Å². The first-order valence-corrected chi connectivity index (χ1v) is 21.4. The van der Waals surface area contributed by atoms with Crippen molar-refractivity contribution in [2.45, 2.75) is 128 Å². The summed E-state index contributed by atoms with van der Waals surface area (Å²) >= 11 is 0. The highest BCUT2D eigenvalue weighted by atomic mass is 32.2. The van der Waals surface area contributed by atoms with Crippen LogP contribution in [0.2, 0.25) is 0 Å². The van der Waals surface area contributed by atoms with Crippen LogP contribution < -0.4 is 14.2 Å². The van der Waals surface area contributed by atoms with Gasteiger partial charge in [-0.3, -0.25) is 23.9 Å². The maximum absolute atomic E-state index is 14.9. The van der Waals surface area contributed by atoms with Crippen LogP contribution in [0.5, 0.6) is 11.6 Å². The largest absolute Gasteiger partial charge is 0.492 e. The van der Waals surface area contributed by atoms with Gasteiger partial charge in [0.05, 0.1) is 41.7 Å². The smallest absolute Gasteiger partial charge is 0.307 e. The fourth-order valence-electron chi connectivity index (χ4n) is 8.78. The molecule has 0 unspecified atom stereocenters. The zero-order valence-corrected chi connectivity index (χ0v) is 33.7. The van der Waals surface area contributed by atoms with Gasteiger partial charge >= 0.3 is 5.97 Å². The van der Waals surface area contributed by atoms with E-state index in [2.05, 4.69) is 16.6 Å². The van der Waals surface area contributed by atoms with E-state index in [1.807, 2.05) is 37.3 Å². The van der Waals surface area contributed by atoms with Crippen LogP contribution in [0.4, 0.5) is 0 Å². The second kappa shape index (κ2) is 14.5. The number of ether oxygens (including phenoxy) is 3. The van der Waals surface area contributed by atoms with Crippen molar-refractivity contribution in [2.75, 3.05) is 13.2 Å². The minimum Gasteiger partial charge on any atom is -0.492 e. The number of nitrogens with one attached hydrogen (secondary N) is 1. The monoisotopic (exact) mass is 777 g/mol. The van der Waals surface area contributed by atoms with Crippen molar-refractivity contribution in [3.05, 3.63) is 42.1 Å². The third kappa shape index (κ3) is 8.00. The number of carbonyl (C=O) groups excluding carboxylic acids is 4. The molecular weight excluding hydrogens is 723 g/mol. The van der Waals surface area contributed by atoms with E-state index in [-0.39, 0.29) is 55.3 Å². The fourth-order valence-corrected chi connectivity index (χ4v) is 10.1. The number of allylic oxidation sites excluding steroid dienone is 2. The van der Waals surface area contributed by atoms with Crippen molar-refractivity contribution in [2.24, 2.45) is 29.1 Å². The van der Waals surface area contributed by atoms with Gasteiger partial charge < -0.3 is 19.1 Å². The molecule has 5 aliphatic rings. The molecule has 13 heteroatoms. The van der Waals surface area contributed by atoms with Crippen LogP contribution in [0.15, 0.2) is 36.5 Å². The van der Waals surface area contributed by atoms with Crippen LogP contribution in [-0.2, 0) is 40.4 Å². The average molecular weight is 778 g/mol. The lowest BCUT2D eigenvalue weighted by Gasteiger charge is -2.32. The van der Waals surface area contributed by atoms with Crippen LogP contribution in [0, 0.1) is 29.1 Å². The summed E-state index contributed by atoms with van der Waals surface area (Å²) in [5.41, 5.74) is -0.895. The number of aromatic nitrogens is 1. The third-order valence-electron chi connectivity index (χ3n) is 12.4. The lowest BCUT2D eigenvalue weighted by Crippen LogP contribution is -2.48. The van der Waals surface area contributed by atoms with Crippen molar-refractivity contribution in [1.82, 2.24) is 14.6 Å². The van der Waals surface area contributed by atoms with Crippen LogP contribution in [0.25, 0.3) is 10.8 Å². The summed E-state index contributed by atoms with van der Waals surface area (Å²) in [7, 11) is -3.95. The van der Waals surface area contributed by atoms with Gasteiger partial charge in [0.1, 0.15) is 17.5 Å². The number of benzene rings is 1. The first kappa shape index (κ1) is 39.2. The molecular formula is C42H55N3O9S. The van der Waals surface area contributed by atoms with E-state index in [9.17, 15) is 27.6 Å². The lowest BCUT2D eigenvalue weighted by atomic mass is 9.82. The molecule has 7 atom stereocenters. The van der Waals surface area contributed by atoms with Crippen LogP contribution in [0.1, 0.15) is 105 Å². The Morgan fingerprint density at radius 2 is 1.85 bits per heavy atom. The number of Topliss-reactive ketones (excluding diaryl/α,β-unsaturated/α-hetero) is 1. The SMILES string of the molecule is C[C@@H]1CC/C=C\[C@@H]2C[C@@]2(C(=O)NS(=O)(=O)C2(C)CC2)CC(=O)[C@@H]2C[C@@H](Oc3nccc4c5c(ccc34)CCO5)CN2C(=O)[C@@H](CC(=O)OC(C)(C)C)[C@H](C)C1. The first-order valence-electron chi connectivity index (χ1n) is 19.9. The Labute approximate surface area is 324 Å². The minimum atomic E-state index is -3.95. The molecule has 0 bridgehead atoms.